The molecule has 4 N–H and O–H groups in total. The number of hydrogen-bond donors (Lipinski definition) is 3. The van der Waals surface area contributed by atoms with Crippen molar-refractivity contribution in [2.75, 3.05) is 13.1 Å². The lowest BCUT2D eigenvalue weighted by molar-refractivity contribution is -0.127. The van der Waals surface area contributed by atoms with Crippen LogP contribution in [0.2, 0.25) is 0 Å². The van der Waals surface area contributed by atoms with Crippen molar-refractivity contribution >= 4 is 29.0 Å². The molecule has 0 bridgehead atoms. The highest BCUT2D eigenvalue weighted by Crippen LogP contribution is 1.94. The van der Waals surface area contributed by atoms with Gasteiger partial charge in [0.25, 0.3) is 0 Å². The lowest BCUT2D eigenvalue weighted by Crippen LogP contribution is -2.42. The molecule has 6 heteroatoms. The van der Waals surface area contributed by atoms with Crippen molar-refractivity contribution in [1.29, 1.82) is 0 Å². The molecular formula is C10H19N3O2S. The SMILES string of the molecule is CC(C)CNC(=O)CNC(=O)C(C)C(N)=S. The van der Waals surface area contributed by atoms with Gasteiger partial charge in [-0.05, 0) is 12.8 Å². The summed E-state index contributed by atoms with van der Waals surface area (Å²) in [4.78, 5) is 22.7. The van der Waals surface area contributed by atoms with Crippen molar-refractivity contribution in [3.05, 3.63) is 0 Å². The third-order valence-corrected chi connectivity index (χ3v) is 2.30. The second-order valence-electron chi connectivity index (χ2n) is 4.04. The quantitative estimate of drug-likeness (QED) is 0.566. The van der Waals surface area contributed by atoms with Crippen LogP contribution in [0.4, 0.5) is 0 Å². The van der Waals surface area contributed by atoms with Crippen LogP contribution in [0.25, 0.3) is 0 Å². The highest BCUT2D eigenvalue weighted by molar-refractivity contribution is 7.80. The Morgan fingerprint density at radius 3 is 2.25 bits per heavy atom. The topological polar surface area (TPSA) is 84.2 Å². The Morgan fingerprint density at radius 2 is 1.81 bits per heavy atom. The van der Waals surface area contributed by atoms with Gasteiger partial charge < -0.3 is 16.4 Å². The highest BCUT2D eigenvalue weighted by atomic mass is 32.1. The van der Waals surface area contributed by atoms with Gasteiger partial charge in [0.2, 0.25) is 11.8 Å². The average Bonchev–Trinajstić information content (AvgIpc) is 2.21. The monoisotopic (exact) mass is 245 g/mol. The number of rotatable bonds is 6. The van der Waals surface area contributed by atoms with E-state index in [1.165, 1.54) is 0 Å². The maximum Gasteiger partial charge on any atom is 0.239 e. The van der Waals surface area contributed by atoms with E-state index in [1.54, 1.807) is 6.92 Å². The molecule has 1 unspecified atom stereocenters. The van der Waals surface area contributed by atoms with Gasteiger partial charge in [-0.15, -0.1) is 0 Å². The van der Waals surface area contributed by atoms with E-state index in [1.807, 2.05) is 13.8 Å². The Morgan fingerprint density at radius 1 is 1.25 bits per heavy atom. The van der Waals surface area contributed by atoms with E-state index in [0.717, 1.165) is 0 Å². The predicted octanol–water partition coefficient (Wildman–Crippen LogP) is -0.203. The minimum absolute atomic E-state index is 0.0431. The molecule has 2 amide bonds. The van der Waals surface area contributed by atoms with Gasteiger partial charge in [0.15, 0.2) is 0 Å². The molecule has 0 heterocycles. The Balaban J connectivity index is 3.84. The van der Waals surface area contributed by atoms with Crippen LogP contribution in [-0.2, 0) is 9.59 Å². The molecule has 0 fully saturated rings. The number of nitrogens with two attached hydrogens (primary N) is 1. The second-order valence-corrected chi connectivity index (χ2v) is 4.51. The van der Waals surface area contributed by atoms with E-state index in [0.29, 0.717) is 12.5 Å². The van der Waals surface area contributed by atoms with Crippen LogP contribution in [0.15, 0.2) is 0 Å². The molecule has 0 aliphatic rings. The van der Waals surface area contributed by atoms with Gasteiger partial charge in [-0.1, -0.05) is 26.1 Å². The van der Waals surface area contributed by atoms with E-state index in [-0.39, 0.29) is 23.3 Å². The molecule has 5 nitrogen and oxygen atoms in total. The highest BCUT2D eigenvalue weighted by Gasteiger charge is 2.15. The zero-order valence-electron chi connectivity index (χ0n) is 9.87. The first-order valence-electron chi connectivity index (χ1n) is 5.18. The molecule has 92 valence electrons. The summed E-state index contributed by atoms with van der Waals surface area (Å²) in [5.41, 5.74) is 5.31. The summed E-state index contributed by atoms with van der Waals surface area (Å²) >= 11 is 4.68. The van der Waals surface area contributed by atoms with Gasteiger partial charge >= 0.3 is 0 Å². The van der Waals surface area contributed by atoms with Crippen LogP contribution < -0.4 is 16.4 Å². The summed E-state index contributed by atoms with van der Waals surface area (Å²) in [5.74, 6) is -0.701. The number of nitrogens with one attached hydrogen (secondary N) is 2. The smallest absolute Gasteiger partial charge is 0.239 e. The number of carbonyl (C=O) groups is 2. The fourth-order valence-electron chi connectivity index (χ4n) is 0.830. The van der Waals surface area contributed by atoms with E-state index in [4.69, 9.17) is 5.73 Å². The molecular weight excluding hydrogens is 226 g/mol. The largest absolute Gasteiger partial charge is 0.393 e. The number of hydrogen-bond acceptors (Lipinski definition) is 3. The summed E-state index contributed by atoms with van der Waals surface area (Å²) in [7, 11) is 0. The van der Waals surface area contributed by atoms with Crippen molar-refractivity contribution in [2.45, 2.75) is 20.8 Å². The molecule has 0 aromatic rings. The molecule has 0 aromatic heterocycles. The van der Waals surface area contributed by atoms with E-state index < -0.39 is 5.92 Å². The van der Waals surface area contributed by atoms with Crippen LogP contribution in [0.3, 0.4) is 0 Å². The minimum Gasteiger partial charge on any atom is -0.393 e. The molecule has 1 atom stereocenters. The summed E-state index contributed by atoms with van der Waals surface area (Å²) in [5, 5.41) is 5.16. The van der Waals surface area contributed by atoms with Crippen molar-refractivity contribution in [2.24, 2.45) is 17.6 Å². The van der Waals surface area contributed by atoms with Gasteiger partial charge in [-0.25, -0.2) is 0 Å². The van der Waals surface area contributed by atoms with Crippen LogP contribution in [0.5, 0.6) is 0 Å². The fraction of sp³-hybridized carbons (Fsp3) is 0.700. The maximum atomic E-state index is 11.4. The summed E-state index contributed by atoms with van der Waals surface area (Å²) in [6, 6.07) is 0. The third-order valence-electron chi connectivity index (χ3n) is 1.95. The lowest BCUT2D eigenvalue weighted by atomic mass is 10.1. The van der Waals surface area contributed by atoms with Crippen molar-refractivity contribution < 1.29 is 9.59 Å². The van der Waals surface area contributed by atoms with Gasteiger partial charge in [0.05, 0.1) is 17.5 Å². The molecule has 0 aliphatic carbocycles. The third kappa shape index (κ3) is 6.34. The van der Waals surface area contributed by atoms with Gasteiger partial charge in [-0.2, -0.15) is 0 Å². The number of thiocarbonyl (C=S) groups is 1. The molecule has 0 aromatic carbocycles. The Hall–Kier alpha value is -1.17. The lowest BCUT2D eigenvalue weighted by Gasteiger charge is -2.11. The summed E-state index contributed by atoms with van der Waals surface area (Å²) < 4.78 is 0. The Labute approximate surface area is 101 Å². The first-order valence-corrected chi connectivity index (χ1v) is 5.59. The van der Waals surface area contributed by atoms with Crippen LogP contribution in [0.1, 0.15) is 20.8 Å². The van der Waals surface area contributed by atoms with Crippen molar-refractivity contribution in [3.63, 3.8) is 0 Å². The van der Waals surface area contributed by atoms with Gasteiger partial charge in [0, 0.05) is 6.54 Å². The number of carbonyl (C=O) groups excluding carboxylic acids is 2. The Bertz CT molecular complexity index is 279. The minimum atomic E-state index is -0.548. The maximum absolute atomic E-state index is 11.4. The van der Waals surface area contributed by atoms with E-state index in [2.05, 4.69) is 22.9 Å². The fourth-order valence-corrected chi connectivity index (χ4v) is 0.937. The van der Waals surface area contributed by atoms with Crippen LogP contribution in [-0.4, -0.2) is 29.9 Å². The first-order chi connectivity index (χ1) is 7.34. The van der Waals surface area contributed by atoms with Crippen molar-refractivity contribution in [1.82, 2.24) is 10.6 Å². The van der Waals surface area contributed by atoms with Gasteiger partial charge in [-0.3, -0.25) is 9.59 Å². The summed E-state index contributed by atoms with van der Waals surface area (Å²) in [6.07, 6.45) is 0. The predicted molar refractivity (Wildman–Crippen MR) is 66.8 cm³/mol. The van der Waals surface area contributed by atoms with Crippen LogP contribution in [0, 0.1) is 11.8 Å². The zero-order valence-corrected chi connectivity index (χ0v) is 10.7. The van der Waals surface area contributed by atoms with E-state index >= 15 is 0 Å². The zero-order chi connectivity index (χ0) is 12.7. The van der Waals surface area contributed by atoms with Gasteiger partial charge in [0.1, 0.15) is 0 Å². The molecule has 0 rings (SSSR count). The Kier molecular flexibility index (Phi) is 6.64. The first kappa shape index (κ1) is 14.8. The normalized spacial score (nSPS) is 12.0. The molecule has 0 spiro atoms. The molecule has 0 radical (unpaired) electrons. The molecule has 16 heavy (non-hydrogen) atoms. The molecule has 0 saturated carbocycles. The molecule has 0 saturated heterocycles. The van der Waals surface area contributed by atoms with Crippen molar-refractivity contribution in [3.8, 4) is 0 Å². The van der Waals surface area contributed by atoms with Crippen LogP contribution >= 0.6 is 12.2 Å². The number of amides is 2. The molecule has 0 aliphatic heterocycles. The average molecular weight is 245 g/mol. The second kappa shape index (κ2) is 7.16. The summed E-state index contributed by atoms with van der Waals surface area (Å²) in [6.45, 7) is 6.14. The standard InChI is InChI=1S/C10H19N3O2S/c1-6(2)4-12-8(14)5-13-10(15)7(3)9(11)16/h6-7H,4-5H2,1-3H3,(H2,11,16)(H,12,14)(H,13,15). The van der Waals surface area contributed by atoms with E-state index in [9.17, 15) is 9.59 Å².